The maximum atomic E-state index is 5.11. The van der Waals surface area contributed by atoms with Crippen LogP contribution >= 0.6 is 0 Å². The van der Waals surface area contributed by atoms with Gasteiger partial charge in [0, 0.05) is 23.7 Å². The van der Waals surface area contributed by atoms with E-state index >= 15 is 0 Å². The third-order valence-corrected chi connectivity index (χ3v) is 3.71. The first-order valence-electron chi connectivity index (χ1n) is 7.30. The zero-order valence-electron chi connectivity index (χ0n) is 12.3. The number of nitrogens with one attached hydrogen (secondary N) is 1. The lowest BCUT2D eigenvalue weighted by atomic mass is 10.1. The SMILES string of the molecule is c1cc2c(NCc3ccc(-c4ccoc4)cc3)ncnc2cn1. The fourth-order valence-electron chi connectivity index (χ4n) is 2.48. The van der Waals surface area contributed by atoms with E-state index in [0.29, 0.717) is 6.54 Å². The summed E-state index contributed by atoms with van der Waals surface area (Å²) in [5.41, 5.74) is 4.23. The number of benzene rings is 1. The molecule has 0 unspecified atom stereocenters. The summed E-state index contributed by atoms with van der Waals surface area (Å²) < 4.78 is 5.11. The van der Waals surface area contributed by atoms with E-state index in [1.54, 1.807) is 31.2 Å². The number of hydrogen-bond donors (Lipinski definition) is 1. The second kappa shape index (κ2) is 5.88. The smallest absolute Gasteiger partial charge is 0.137 e. The Labute approximate surface area is 133 Å². The molecule has 0 spiro atoms. The molecule has 4 rings (SSSR count). The van der Waals surface area contributed by atoms with Gasteiger partial charge in [-0.2, -0.15) is 0 Å². The second-order valence-electron chi connectivity index (χ2n) is 5.18. The van der Waals surface area contributed by atoms with Crippen molar-refractivity contribution in [1.82, 2.24) is 15.0 Å². The van der Waals surface area contributed by atoms with Crippen LogP contribution in [0.1, 0.15) is 5.56 Å². The van der Waals surface area contributed by atoms with Crippen molar-refractivity contribution < 1.29 is 4.42 Å². The highest BCUT2D eigenvalue weighted by Crippen LogP contribution is 2.21. The Kier molecular flexibility index (Phi) is 3.44. The zero-order chi connectivity index (χ0) is 15.5. The molecule has 3 heterocycles. The second-order valence-corrected chi connectivity index (χ2v) is 5.18. The first-order valence-corrected chi connectivity index (χ1v) is 7.30. The highest BCUT2D eigenvalue weighted by Gasteiger charge is 2.04. The molecule has 1 N–H and O–H groups in total. The van der Waals surface area contributed by atoms with Crippen LogP contribution < -0.4 is 5.32 Å². The minimum Gasteiger partial charge on any atom is -0.472 e. The average Bonchev–Trinajstić information content (AvgIpc) is 3.15. The lowest BCUT2D eigenvalue weighted by Gasteiger charge is -2.08. The number of rotatable bonds is 4. The van der Waals surface area contributed by atoms with Crippen molar-refractivity contribution >= 4 is 16.7 Å². The lowest BCUT2D eigenvalue weighted by molar-refractivity contribution is 0.568. The molecule has 0 aliphatic heterocycles. The van der Waals surface area contributed by atoms with E-state index in [0.717, 1.165) is 27.8 Å². The van der Waals surface area contributed by atoms with E-state index in [9.17, 15) is 0 Å². The molecule has 0 amide bonds. The van der Waals surface area contributed by atoms with Gasteiger partial charge in [-0.05, 0) is 23.3 Å². The summed E-state index contributed by atoms with van der Waals surface area (Å²) in [7, 11) is 0. The molecule has 0 radical (unpaired) electrons. The summed E-state index contributed by atoms with van der Waals surface area (Å²) in [5.74, 6) is 0.816. The molecule has 1 aromatic carbocycles. The fourth-order valence-corrected chi connectivity index (χ4v) is 2.48. The molecule has 4 aromatic rings. The van der Waals surface area contributed by atoms with E-state index in [1.165, 1.54) is 5.56 Å². The molecule has 5 heteroatoms. The number of fused-ring (bicyclic) bond motifs is 1. The van der Waals surface area contributed by atoms with Gasteiger partial charge in [0.1, 0.15) is 12.1 Å². The largest absolute Gasteiger partial charge is 0.472 e. The Bertz CT molecular complexity index is 912. The van der Waals surface area contributed by atoms with Gasteiger partial charge in [0.2, 0.25) is 0 Å². The molecule has 0 aliphatic carbocycles. The maximum Gasteiger partial charge on any atom is 0.137 e. The van der Waals surface area contributed by atoms with Crippen molar-refractivity contribution in [3.8, 4) is 11.1 Å². The Hall–Kier alpha value is -3.21. The minimum absolute atomic E-state index is 0.695. The quantitative estimate of drug-likeness (QED) is 0.619. The van der Waals surface area contributed by atoms with Crippen molar-refractivity contribution in [1.29, 1.82) is 0 Å². The van der Waals surface area contributed by atoms with Gasteiger partial charge in [-0.25, -0.2) is 9.97 Å². The Morgan fingerprint density at radius 2 is 1.87 bits per heavy atom. The van der Waals surface area contributed by atoms with Crippen molar-refractivity contribution in [2.75, 3.05) is 5.32 Å². The molecule has 0 bridgehead atoms. The standard InChI is InChI=1S/C18H14N4O/c1-3-14(15-6-8-23-11-15)4-2-13(1)9-20-18-16-5-7-19-10-17(16)21-12-22-18/h1-8,10-12H,9H2,(H,20,21,22). The van der Waals surface area contributed by atoms with Gasteiger partial charge in [-0.15, -0.1) is 0 Å². The average molecular weight is 302 g/mol. The molecule has 23 heavy (non-hydrogen) atoms. The van der Waals surface area contributed by atoms with Crippen molar-refractivity contribution in [3.63, 3.8) is 0 Å². The molecule has 112 valence electrons. The molecule has 5 nitrogen and oxygen atoms in total. The summed E-state index contributed by atoms with van der Waals surface area (Å²) in [4.78, 5) is 12.6. The van der Waals surface area contributed by atoms with Crippen LogP contribution in [0.4, 0.5) is 5.82 Å². The Balaban J connectivity index is 1.52. The van der Waals surface area contributed by atoms with E-state index in [1.807, 2.05) is 12.1 Å². The van der Waals surface area contributed by atoms with Crippen molar-refractivity contribution in [2.24, 2.45) is 0 Å². The van der Waals surface area contributed by atoms with Gasteiger partial charge in [-0.1, -0.05) is 24.3 Å². The van der Waals surface area contributed by atoms with Gasteiger partial charge in [-0.3, -0.25) is 4.98 Å². The van der Waals surface area contributed by atoms with Crippen LogP contribution in [0, 0.1) is 0 Å². The Morgan fingerprint density at radius 1 is 0.957 bits per heavy atom. The summed E-state index contributed by atoms with van der Waals surface area (Å²) in [6.45, 7) is 0.695. The van der Waals surface area contributed by atoms with E-state index in [-0.39, 0.29) is 0 Å². The predicted octanol–water partition coefficient (Wildman–Crippen LogP) is 3.90. The molecule has 3 aromatic heterocycles. The fraction of sp³-hybridized carbons (Fsp3) is 0.0556. The molecule has 0 saturated heterocycles. The topological polar surface area (TPSA) is 63.8 Å². The Morgan fingerprint density at radius 3 is 2.70 bits per heavy atom. The molecule has 0 aliphatic rings. The summed E-state index contributed by atoms with van der Waals surface area (Å²) in [5, 5.41) is 4.33. The van der Waals surface area contributed by atoms with Crippen molar-refractivity contribution in [2.45, 2.75) is 6.54 Å². The van der Waals surface area contributed by atoms with Crippen LogP contribution in [-0.2, 0) is 6.54 Å². The van der Waals surface area contributed by atoms with Gasteiger partial charge in [0.05, 0.1) is 24.2 Å². The third-order valence-electron chi connectivity index (χ3n) is 3.71. The highest BCUT2D eigenvalue weighted by atomic mass is 16.3. The molecule has 0 fully saturated rings. The van der Waals surface area contributed by atoms with E-state index < -0.39 is 0 Å². The lowest BCUT2D eigenvalue weighted by Crippen LogP contribution is -2.02. The number of pyridine rings is 1. The predicted molar refractivity (Wildman–Crippen MR) is 88.8 cm³/mol. The van der Waals surface area contributed by atoms with Crippen molar-refractivity contribution in [3.05, 3.63) is 73.2 Å². The summed E-state index contributed by atoms with van der Waals surface area (Å²) >= 11 is 0. The summed E-state index contributed by atoms with van der Waals surface area (Å²) in [6.07, 6.45) is 8.46. The van der Waals surface area contributed by atoms with Crippen LogP contribution in [0.25, 0.3) is 22.0 Å². The molecule has 0 atom stereocenters. The van der Waals surface area contributed by atoms with E-state index in [2.05, 4.69) is 44.5 Å². The van der Waals surface area contributed by atoms with Crippen LogP contribution in [0.2, 0.25) is 0 Å². The van der Waals surface area contributed by atoms with Crippen LogP contribution in [0.5, 0.6) is 0 Å². The minimum atomic E-state index is 0.695. The third kappa shape index (κ3) is 2.76. The number of nitrogens with zero attached hydrogens (tertiary/aromatic N) is 3. The van der Waals surface area contributed by atoms with Crippen LogP contribution in [0.15, 0.2) is 72.1 Å². The number of aromatic nitrogens is 3. The van der Waals surface area contributed by atoms with Crippen LogP contribution in [0.3, 0.4) is 0 Å². The van der Waals surface area contributed by atoms with Gasteiger partial charge in [0.25, 0.3) is 0 Å². The highest BCUT2D eigenvalue weighted by molar-refractivity contribution is 5.87. The number of hydrogen-bond acceptors (Lipinski definition) is 5. The summed E-state index contributed by atoms with van der Waals surface area (Å²) in [6, 6.07) is 12.2. The number of furan rings is 1. The first kappa shape index (κ1) is 13.5. The van der Waals surface area contributed by atoms with E-state index in [4.69, 9.17) is 4.42 Å². The monoisotopic (exact) mass is 302 g/mol. The first-order chi connectivity index (χ1) is 11.4. The van der Waals surface area contributed by atoms with Crippen LogP contribution in [-0.4, -0.2) is 15.0 Å². The van der Waals surface area contributed by atoms with Gasteiger partial charge in [0.15, 0.2) is 0 Å². The number of anilines is 1. The molecular formula is C18H14N4O. The van der Waals surface area contributed by atoms with Gasteiger partial charge >= 0.3 is 0 Å². The normalized spacial score (nSPS) is 10.8. The molecule has 0 saturated carbocycles. The van der Waals surface area contributed by atoms with Gasteiger partial charge < -0.3 is 9.73 Å². The molecular weight excluding hydrogens is 288 g/mol. The maximum absolute atomic E-state index is 5.11. The zero-order valence-corrected chi connectivity index (χ0v) is 12.3.